The Morgan fingerprint density at radius 2 is 2.06 bits per heavy atom. The number of nitrogens with two attached hydrogens (primary N) is 1. The van der Waals surface area contributed by atoms with Gasteiger partial charge in [0.25, 0.3) is 0 Å². The van der Waals surface area contributed by atoms with Gasteiger partial charge in [-0.05, 0) is 24.6 Å². The molecule has 0 amide bonds. The summed E-state index contributed by atoms with van der Waals surface area (Å²) in [5.41, 5.74) is 7.76. The van der Waals surface area contributed by atoms with Gasteiger partial charge in [0, 0.05) is 17.7 Å². The minimum Gasteiger partial charge on any atom is -0.324 e. The highest BCUT2D eigenvalue weighted by Crippen LogP contribution is 2.20. The Morgan fingerprint density at radius 3 is 2.62 bits per heavy atom. The average molecular weight is 218 g/mol. The first-order chi connectivity index (χ1) is 7.38. The second kappa shape index (κ2) is 3.56. The Hall–Kier alpha value is -1.42. The number of hydrogen-bond donors (Lipinski definition) is 1. The highest BCUT2D eigenvalue weighted by Gasteiger charge is 2.19. The van der Waals surface area contributed by atoms with E-state index >= 15 is 0 Å². The van der Waals surface area contributed by atoms with Crippen molar-refractivity contribution in [2.45, 2.75) is 39.2 Å². The molecule has 2 N–H and O–H groups in total. The summed E-state index contributed by atoms with van der Waals surface area (Å²) in [6.07, 6.45) is 1.91. The quantitative estimate of drug-likeness (QED) is 0.797. The van der Waals surface area contributed by atoms with E-state index in [1.165, 1.54) is 0 Å². The Balaban J connectivity index is 2.54. The highest BCUT2D eigenvalue weighted by atomic mass is 15.3. The van der Waals surface area contributed by atoms with Crippen LogP contribution in [0.3, 0.4) is 0 Å². The van der Waals surface area contributed by atoms with Crippen molar-refractivity contribution < 1.29 is 0 Å². The van der Waals surface area contributed by atoms with Crippen molar-refractivity contribution in [2.75, 3.05) is 0 Å². The van der Waals surface area contributed by atoms with Crippen LogP contribution in [0.2, 0.25) is 0 Å². The molecule has 2 aromatic heterocycles. The maximum atomic E-state index is 5.84. The molecule has 0 spiro atoms. The molecule has 2 heterocycles. The van der Waals surface area contributed by atoms with Crippen LogP contribution >= 0.6 is 0 Å². The molecule has 16 heavy (non-hydrogen) atoms. The van der Waals surface area contributed by atoms with Gasteiger partial charge in [-0.15, -0.1) is 0 Å². The first-order valence-electron chi connectivity index (χ1n) is 5.50. The number of nitrogens with zero attached hydrogens (tertiary/aromatic N) is 3. The Morgan fingerprint density at radius 1 is 1.38 bits per heavy atom. The molecule has 4 heteroatoms. The van der Waals surface area contributed by atoms with Crippen LogP contribution in [0.5, 0.6) is 0 Å². The van der Waals surface area contributed by atoms with Crippen molar-refractivity contribution in [3.05, 3.63) is 29.7 Å². The minimum absolute atomic E-state index is 0.0273. The first-order valence-corrected chi connectivity index (χ1v) is 5.50. The van der Waals surface area contributed by atoms with Gasteiger partial charge in [-0.1, -0.05) is 20.8 Å². The largest absolute Gasteiger partial charge is 0.324 e. The molecule has 0 aliphatic carbocycles. The molecule has 2 aromatic rings. The van der Waals surface area contributed by atoms with Crippen LogP contribution in [0, 0.1) is 0 Å². The van der Waals surface area contributed by atoms with Gasteiger partial charge in [-0.3, -0.25) is 0 Å². The summed E-state index contributed by atoms with van der Waals surface area (Å²) >= 11 is 0. The first kappa shape index (κ1) is 11.1. The van der Waals surface area contributed by atoms with Crippen molar-refractivity contribution >= 4 is 5.65 Å². The van der Waals surface area contributed by atoms with Gasteiger partial charge >= 0.3 is 0 Å². The molecule has 2 rings (SSSR count). The van der Waals surface area contributed by atoms with Crippen LogP contribution < -0.4 is 5.73 Å². The van der Waals surface area contributed by atoms with Gasteiger partial charge in [0.2, 0.25) is 0 Å². The fraction of sp³-hybridized carbons (Fsp3) is 0.500. The SMILES string of the molecule is CC(N)c1ccn2nc(C(C)(C)C)nc2c1. The normalized spacial score (nSPS) is 14.3. The maximum absolute atomic E-state index is 5.84. The molecule has 0 bridgehead atoms. The molecule has 1 atom stereocenters. The van der Waals surface area contributed by atoms with E-state index in [0.29, 0.717) is 0 Å². The lowest BCUT2D eigenvalue weighted by atomic mass is 9.96. The summed E-state index contributed by atoms with van der Waals surface area (Å²) in [6, 6.07) is 4.01. The second-order valence-corrected chi connectivity index (χ2v) is 5.24. The van der Waals surface area contributed by atoms with Crippen LogP contribution in [-0.2, 0) is 5.41 Å². The van der Waals surface area contributed by atoms with Crippen molar-refractivity contribution in [3.8, 4) is 0 Å². The van der Waals surface area contributed by atoms with Crippen molar-refractivity contribution in [1.82, 2.24) is 14.6 Å². The van der Waals surface area contributed by atoms with Crippen LogP contribution in [0.15, 0.2) is 18.3 Å². The topological polar surface area (TPSA) is 56.2 Å². The molecule has 0 saturated heterocycles. The van der Waals surface area contributed by atoms with Crippen LogP contribution in [0.1, 0.15) is 45.1 Å². The van der Waals surface area contributed by atoms with E-state index in [2.05, 4.69) is 30.9 Å². The Bertz CT molecular complexity index is 505. The standard InChI is InChI=1S/C12H18N4/c1-8(13)9-5-6-16-10(7-9)14-11(15-16)12(2,3)4/h5-8H,13H2,1-4H3. The molecule has 86 valence electrons. The molecule has 0 aromatic carbocycles. The molecule has 4 nitrogen and oxygen atoms in total. The lowest BCUT2D eigenvalue weighted by molar-refractivity contribution is 0.545. The van der Waals surface area contributed by atoms with Gasteiger partial charge in [0.1, 0.15) is 0 Å². The fourth-order valence-corrected chi connectivity index (χ4v) is 1.50. The third-order valence-corrected chi connectivity index (χ3v) is 2.56. The number of pyridine rings is 1. The van der Waals surface area contributed by atoms with E-state index < -0.39 is 0 Å². The summed E-state index contributed by atoms with van der Waals surface area (Å²) in [5.74, 6) is 0.856. The fourth-order valence-electron chi connectivity index (χ4n) is 1.50. The second-order valence-electron chi connectivity index (χ2n) is 5.24. The molecule has 0 radical (unpaired) electrons. The lowest BCUT2D eigenvalue weighted by Crippen LogP contribution is -2.13. The molecule has 1 unspecified atom stereocenters. The van der Waals surface area contributed by atoms with E-state index in [1.54, 1.807) is 4.52 Å². The lowest BCUT2D eigenvalue weighted by Gasteiger charge is -2.11. The summed E-state index contributed by atoms with van der Waals surface area (Å²) in [4.78, 5) is 4.52. The van der Waals surface area contributed by atoms with Gasteiger partial charge in [0.05, 0.1) is 0 Å². The molecule has 0 aliphatic rings. The zero-order valence-corrected chi connectivity index (χ0v) is 10.2. The van der Waals surface area contributed by atoms with E-state index in [-0.39, 0.29) is 11.5 Å². The third-order valence-electron chi connectivity index (χ3n) is 2.56. The van der Waals surface area contributed by atoms with E-state index in [1.807, 2.05) is 25.3 Å². The molecule has 0 aliphatic heterocycles. The van der Waals surface area contributed by atoms with Gasteiger partial charge in [-0.2, -0.15) is 5.10 Å². The summed E-state index contributed by atoms with van der Waals surface area (Å²) in [5, 5.41) is 4.45. The van der Waals surface area contributed by atoms with Crippen molar-refractivity contribution in [3.63, 3.8) is 0 Å². The summed E-state index contributed by atoms with van der Waals surface area (Å²) < 4.78 is 1.80. The van der Waals surface area contributed by atoms with Crippen molar-refractivity contribution in [2.24, 2.45) is 5.73 Å². The number of rotatable bonds is 1. The van der Waals surface area contributed by atoms with Crippen LogP contribution in [-0.4, -0.2) is 14.6 Å². The van der Waals surface area contributed by atoms with E-state index in [9.17, 15) is 0 Å². The summed E-state index contributed by atoms with van der Waals surface area (Å²) in [7, 11) is 0. The van der Waals surface area contributed by atoms with E-state index in [0.717, 1.165) is 17.0 Å². The van der Waals surface area contributed by atoms with Crippen molar-refractivity contribution in [1.29, 1.82) is 0 Å². The number of fused-ring (bicyclic) bond motifs is 1. The monoisotopic (exact) mass is 218 g/mol. The number of aromatic nitrogens is 3. The predicted octanol–water partition coefficient (Wildman–Crippen LogP) is 2.05. The minimum atomic E-state index is -0.0273. The summed E-state index contributed by atoms with van der Waals surface area (Å²) in [6.45, 7) is 8.28. The molecule has 0 saturated carbocycles. The zero-order valence-electron chi connectivity index (χ0n) is 10.2. The van der Waals surface area contributed by atoms with Gasteiger partial charge < -0.3 is 5.73 Å². The van der Waals surface area contributed by atoms with Gasteiger partial charge in [-0.25, -0.2) is 9.50 Å². The number of hydrogen-bond acceptors (Lipinski definition) is 3. The smallest absolute Gasteiger partial charge is 0.157 e. The third kappa shape index (κ3) is 1.93. The average Bonchev–Trinajstić information content (AvgIpc) is 2.58. The Labute approximate surface area is 95.5 Å². The van der Waals surface area contributed by atoms with E-state index in [4.69, 9.17) is 5.73 Å². The maximum Gasteiger partial charge on any atom is 0.157 e. The molecule has 0 fully saturated rings. The molecular weight excluding hydrogens is 200 g/mol. The Kier molecular flexibility index (Phi) is 2.46. The predicted molar refractivity (Wildman–Crippen MR) is 64.3 cm³/mol. The van der Waals surface area contributed by atoms with Crippen LogP contribution in [0.4, 0.5) is 0 Å². The highest BCUT2D eigenvalue weighted by molar-refractivity contribution is 5.42. The van der Waals surface area contributed by atoms with Gasteiger partial charge in [0.15, 0.2) is 11.5 Å². The molecular formula is C12H18N4. The zero-order chi connectivity index (χ0) is 11.9. The van der Waals surface area contributed by atoms with Crippen LogP contribution in [0.25, 0.3) is 5.65 Å².